The molecule has 0 amide bonds. The van der Waals surface area contributed by atoms with Crippen molar-refractivity contribution in [3.63, 3.8) is 0 Å². The molecule has 1 aromatic carbocycles. The Balaban J connectivity index is 1.81. The molecular formula is C17H20N2O. The molecule has 0 saturated carbocycles. The van der Waals surface area contributed by atoms with Crippen LogP contribution >= 0.6 is 0 Å². The molecule has 0 fully saturated rings. The van der Waals surface area contributed by atoms with Crippen molar-refractivity contribution in [3.05, 3.63) is 65.5 Å². The highest BCUT2D eigenvalue weighted by Crippen LogP contribution is 2.33. The van der Waals surface area contributed by atoms with E-state index in [-0.39, 0.29) is 12.1 Å². The van der Waals surface area contributed by atoms with Gasteiger partial charge in [-0.2, -0.15) is 0 Å². The lowest BCUT2D eigenvalue weighted by Crippen LogP contribution is -2.24. The quantitative estimate of drug-likeness (QED) is 0.925. The number of aromatic nitrogens is 1. The molecule has 0 saturated heterocycles. The van der Waals surface area contributed by atoms with Crippen LogP contribution in [-0.4, -0.2) is 18.6 Å². The highest BCUT2D eigenvalue weighted by molar-refractivity contribution is 5.31. The van der Waals surface area contributed by atoms with Gasteiger partial charge in [-0.15, -0.1) is 0 Å². The molecule has 0 aliphatic carbocycles. The van der Waals surface area contributed by atoms with E-state index in [9.17, 15) is 0 Å². The molecule has 2 atom stereocenters. The van der Waals surface area contributed by atoms with Crippen LogP contribution in [0, 0.1) is 0 Å². The molecule has 3 heteroatoms. The molecule has 1 aliphatic heterocycles. The summed E-state index contributed by atoms with van der Waals surface area (Å²) in [4.78, 5) is 4.21. The number of hydrogen-bond acceptors (Lipinski definition) is 3. The van der Waals surface area contributed by atoms with Gasteiger partial charge >= 0.3 is 0 Å². The van der Waals surface area contributed by atoms with E-state index in [2.05, 4.69) is 40.6 Å². The van der Waals surface area contributed by atoms with E-state index >= 15 is 0 Å². The summed E-state index contributed by atoms with van der Waals surface area (Å²) in [6.45, 7) is 0.811. The van der Waals surface area contributed by atoms with Crippen molar-refractivity contribution in [2.75, 3.05) is 13.7 Å². The smallest absolute Gasteiger partial charge is 0.0845 e. The summed E-state index contributed by atoms with van der Waals surface area (Å²) in [5.74, 6) is 0. The van der Waals surface area contributed by atoms with Crippen LogP contribution in [0.25, 0.3) is 0 Å². The molecule has 3 nitrogen and oxygen atoms in total. The maximum absolute atomic E-state index is 6.00. The van der Waals surface area contributed by atoms with Crippen LogP contribution in [0.4, 0.5) is 0 Å². The van der Waals surface area contributed by atoms with Crippen molar-refractivity contribution in [1.82, 2.24) is 10.3 Å². The first-order valence-corrected chi connectivity index (χ1v) is 7.15. The van der Waals surface area contributed by atoms with Gasteiger partial charge in [0.1, 0.15) is 0 Å². The lowest BCUT2D eigenvalue weighted by molar-refractivity contribution is 0.0298. The van der Waals surface area contributed by atoms with Crippen LogP contribution in [0.15, 0.2) is 48.8 Å². The van der Waals surface area contributed by atoms with Crippen LogP contribution in [-0.2, 0) is 11.2 Å². The van der Waals surface area contributed by atoms with E-state index in [1.807, 2.05) is 25.5 Å². The maximum atomic E-state index is 6.00. The first-order chi connectivity index (χ1) is 9.88. The van der Waals surface area contributed by atoms with Crippen LogP contribution in [0.1, 0.15) is 35.3 Å². The van der Waals surface area contributed by atoms with Gasteiger partial charge < -0.3 is 10.1 Å². The third kappa shape index (κ3) is 2.74. The lowest BCUT2D eigenvalue weighted by Gasteiger charge is -2.29. The number of fused-ring (bicyclic) bond motifs is 1. The van der Waals surface area contributed by atoms with Gasteiger partial charge in [0, 0.05) is 18.4 Å². The van der Waals surface area contributed by atoms with Crippen LogP contribution < -0.4 is 5.32 Å². The standard InChI is InChI=1S/C17H20N2O/c1-18-16(14-6-4-9-19-12-14)11-17-15-7-3-2-5-13(15)8-10-20-17/h2-7,9,12,16-18H,8,10-11H2,1H3. The average Bonchev–Trinajstić information content (AvgIpc) is 2.53. The summed E-state index contributed by atoms with van der Waals surface area (Å²) in [5, 5.41) is 3.38. The molecule has 2 aromatic rings. The van der Waals surface area contributed by atoms with E-state index in [4.69, 9.17) is 4.74 Å². The van der Waals surface area contributed by atoms with E-state index in [0.29, 0.717) is 0 Å². The Morgan fingerprint density at radius 1 is 1.30 bits per heavy atom. The molecule has 0 bridgehead atoms. The second kappa shape index (κ2) is 6.16. The van der Waals surface area contributed by atoms with Gasteiger partial charge in [-0.25, -0.2) is 0 Å². The Morgan fingerprint density at radius 2 is 2.20 bits per heavy atom. The van der Waals surface area contributed by atoms with E-state index in [0.717, 1.165) is 19.4 Å². The second-order valence-electron chi connectivity index (χ2n) is 5.17. The zero-order valence-corrected chi connectivity index (χ0v) is 11.8. The fourth-order valence-electron chi connectivity index (χ4n) is 2.89. The zero-order valence-electron chi connectivity index (χ0n) is 11.8. The summed E-state index contributed by atoms with van der Waals surface area (Å²) < 4.78 is 6.00. The Hall–Kier alpha value is -1.71. The summed E-state index contributed by atoms with van der Waals surface area (Å²) in [6.07, 6.45) is 5.85. The number of hydrogen-bond donors (Lipinski definition) is 1. The molecule has 2 unspecified atom stereocenters. The number of rotatable bonds is 4. The molecule has 104 valence electrons. The highest BCUT2D eigenvalue weighted by Gasteiger charge is 2.24. The predicted molar refractivity (Wildman–Crippen MR) is 79.5 cm³/mol. The predicted octanol–water partition coefficient (Wildman–Crippen LogP) is 3.05. The van der Waals surface area contributed by atoms with Gasteiger partial charge in [-0.05, 0) is 42.6 Å². The Bertz CT molecular complexity index is 556. The van der Waals surface area contributed by atoms with Gasteiger partial charge in [0.05, 0.1) is 12.7 Å². The van der Waals surface area contributed by atoms with E-state index in [1.165, 1.54) is 16.7 Å². The lowest BCUT2D eigenvalue weighted by atomic mass is 9.92. The van der Waals surface area contributed by atoms with Crippen LogP contribution in [0.5, 0.6) is 0 Å². The second-order valence-corrected chi connectivity index (χ2v) is 5.17. The van der Waals surface area contributed by atoms with Crippen LogP contribution in [0.3, 0.4) is 0 Å². The average molecular weight is 268 g/mol. The third-order valence-electron chi connectivity index (χ3n) is 3.98. The number of pyridine rings is 1. The van der Waals surface area contributed by atoms with Crippen molar-refractivity contribution >= 4 is 0 Å². The fourth-order valence-corrected chi connectivity index (χ4v) is 2.89. The molecule has 3 rings (SSSR count). The zero-order chi connectivity index (χ0) is 13.8. The number of ether oxygens (including phenoxy) is 1. The first kappa shape index (κ1) is 13.3. The molecule has 0 radical (unpaired) electrons. The van der Waals surface area contributed by atoms with Gasteiger partial charge in [0.25, 0.3) is 0 Å². The molecule has 2 heterocycles. The van der Waals surface area contributed by atoms with Crippen molar-refractivity contribution in [3.8, 4) is 0 Å². The third-order valence-corrected chi connectivity index (χ3v) is 3.98. The van der Waals surface area contributed by atoms with Gasteiger partial charge in [0.2, 0.25) is 0 Å². The Morgan fingerprint density at radius 3 is 3.00 bits per heavy atom. The SMILES string of the molecule is CNC(CC1OCCc2ccccc21)c1cccnc1. The van der Waals surface area contributed by atoms with E-state index in [1.54, 1.807) is 0 Å². The highest BCUT2D eigenvalue weighted by atomic mass is 16.5. The van der Waals surface area contributed by atoms with Gasteiger partial charge in [-0.3, -0.25) is 4.98 Å². The number of nitrogens with zero attached hydrogens (tertiary/aromatic N) is 1. The Labute approximate surface area is 120 Å². The summed E-state index contributed by atoms with van der Waals surface area (Å²) in [6, 6.07) is 13.0. The number of nitrogens with one attached hydrogen (secondary N) is 1. The topological polar surface area (TPSA) is 34.1 Å². The number of benzene rings is 1. The Kier molecular flexibility index (Phi) is 4.09. The largest absolute Gasteiger partial charge is 0.373 e. The molecule has 1 N–H and O–H groups in total. The van der Waals surface area contributed by atoms with Gasteiger partial charge in [0.15, 0.2) is 0 Å². The normalized spacial score (nSPS) is 19.4. The molecular weight excluding hydrogens is 248 g/mol. The maximum Gasteiger partial charge on any atom is 0.0845 e. The first-order valence-electron chi connectivity index (χ1n) is 7.15. The van der Waals surface area contributed by atoms with Crippen molar-refractivity contribution in [1.29, 1.82) is 0 Å². The summed E-state index contributed by atoms with van der Waals surface area (Å²) >= 11 is 0. The van der Waals surface area contributed by atoms with E-state index < -0.39 is 0 Å². The molecule has 1 aromatic heterocycles. The summed E-state index contributed by atoms with van der Waals surface area (Å²) in [7, 11) is 1.99. The monoisotopic (exact) mass is 268 g/mol. The van der Waals surface area contributed by atoms with Crippen molar-refractivity contribution in [2.45, 2.75) is 25.0 Å². The van der Waals surface area contributed by atoms with Crippen LogP contribution in [0.2, 0.25) is 0 Å². The summed E-state index contributed by atoms with van der Waals surface area (Å²) in [5.41, 5.74) is 3.97. The minimum Gasteiger partial charge on any atom is -0.373 e. The minimum absolute atomic E-state index is 0.164. The van der Waals surface area contributed by atoms with Crippen molar-refractivity contribution < 1.29 is 4.74 Å². The molecule has 0 spiro atoms. The molecule has 20 heavy (non-hydrogen) atoms. The van der Waals surface area contributed by atoms with Crippen molar-refractivity contribution in [2.24, 2.45) is 0 Å². The van der Waals surface area contributed by atoms with Gasteiger partial charge in [-0.1, -0.05) is 30.3 Å². The molecule has 1 aliphatic rings. The minimum atomic E-state index is 0.164. The fraction of sp³-hybridized carbons (Fsp3) is 0.353.